The van der Waals surface area contributed by atoms with Gasteiger partial charge in [-0.1, -0.05) is 63.6 Å². The standard InChI is InChI=1S/C36H46N2O5/c1-4-7-24-42-32-22-19-28(20-23-32)13-9-8-10-25-43-34-17-12-15-30(38-34)21-18-29-14-11-16-31(26-29)37-33(39)27-36(5-2,6-3)35(40)41/h11-12,14-23,26H,4-10,13,24-25,27H2,1-3H3,(H,37,39)(H,40,41)/b21-18+. The number of amides is 1. The molecule has 230 valence electrons. The highest BCUT2D eigenvalue weighted by atomic mass is 16.5. The van der Waals surface area contributed by atoms with E-state index in [0.717, 1.165) is 62.1 Å². The number of carbonyl (C=O) groups excluding carboxylic acids is 1. The highest BCUT2D eigenvalue weighted by Crippen LogP contribution is 2.31. The Labute approximate surface area is 256 Å². The maximum atomic E-state index is 12.6. The van der Waals surface area contributed by atoms with E-state index in [2.05, 4.69) is 41.5 Å². The van der Waals surface area contributed by atoms with Gasteiger partial charge in [0, 0.05) is 18.2 Å². The third kappa shape index (κ3) is 11.2. The first-order valence-electron chi connectivity index (χ1n) is 15.5. The van der Waals surface area contributed by atoms with Crippen molar-refractivity contribution >= 4 is 29.7 Å². The van der Waals surface area contributed by atoms with Gasteiger partial charge in [-0.15, -0.1) is 0 Å². The molecule has 0 saturated heterocycles. The molecule has 0 bridgehead atoms. The number of ether oxygens (including phenoxy) is 2. The first kappa shape index (κ1) is 33.4. The van der Waals surface area contributed by atoms with Gasteiger partial charge in [0.1, 0.15) is 5.75 Å². The Balaban J connectivity index is 1.42. The molecule has 0 aliphatic carbocycles. The monoisotopic (exact) mass is 586 g/mol. The van der Waals surface area contributed by atoms with Crippen molar-refractivity contribution in [2.24, 2.45) is 5.41 Å². The maximum absolute atomic E-state index is 12.6. The number of pyridine rings is 1. The van der Waals surface area contributed by atoms with Gasteiger partial charge in [-0.25, -0.2) is 4.98 Å². The van der Waals surface area contributed by atoms with E-state index >= 15 is 0 Å². The van der Waals surface area contributed by atoms with E-state index in [4.69, 9.17) is 9.47 Å². The number of nitrogens with zero attached hydrogens (tertiary/aromatic N) is 1. The van der Waals surface area contributed by atoms with Crippen LogP contribution in [-0.2, 0) is 16.0 Å². The van der Waals surface area contributed by atoms with Crippen molar-refractivity contribution in [2.45, 2.75) is 78.6 Å². The van der Waals surface area contributed by atoms with Gasteiger partial charge >= 0.3 is 5.97 Å². The van der Waals surface area contributed by atoms with E-state index in [9.17, 15) is 14.7 Å². The molecule has 1 heterocycles. The fourth-order valence-electron chi connectivity index (χ4n) is 4.77. The van der Waals surface area contributed by atoms with Gasteiger partial charge in [0.15, 0.2) is 0 Å². The number of anilines is 1. The van der Waals surface area contributed by atoms with Crippen LogP contribution in [0.3, 0.4) is 0 Å². The van der Waals surface area contributed by atoms with Crippen molar-refractivity contribution < 1.29 is 24.2 Å². The number of unbranched alkanes of at least 4 members (excludes halogenated alkanes) is 3. The van der Waals surface area contributed by atoms with Crippen molar-refractivity contribution in [3.8, 4) is 11.6 Å². The molecule has 3 aromatic rings. The Hall–Kier alpha value is -4.13. The van der Waals surface area contributed by atoms with Crippen molar-refractivity contribution in [2.75, 3.05) is 18.5 Å². The lowest BCUT2D eigenvalue weighted by atomic mass is 9.79. The molecular weight excluding hydrogens is 540 g/mol. The molecule has 0 saturated carbocycles. The molecule has 0 unspecified atom stereocenters. The van der Waals surface area contributed by atoms with E-state index in [-0.39, 0.29) is 12.3 Å². The van der Waals surface area contributed by atoms with Gasteiger partial charge in [-0.05, 0) is 92.5 Å². The quantitative estimate of drug-likeness (QED) is 0.137. The molecular formula is C36H46N2O5. The van der Waals surface area contributed by atoms with Gasteiger partial charge in [-0.3, -0.25) is 9.59 Å². The summed E-state index contributed by atoms with van der Waals surface area (Å²) in [5.74, 6) is 0.294. The summed E-state index contributed by atoms with van der Waals surface area (Å²) in [7, 11) is 0. The Bertz CT molecular complexity index is 1320. The Morgan fingerprint density at radius 2 is 1.60 bits per heavy atom. The summed E-state index contributed by atoms with van der Waals surface area (Å²) in [5, 5.41) is 12.5. The molecule has 1 aromatic heterocycles. The molecule has 1 amide bonds. The fourth-order valence-corrected chi connectivity index (χ4v) is 4.77. The van der Waals surface area contributed by atoms with Gasteiger partial charge in [0.05, 0.1) is 24.3 Å². The Kier molecular flexibility index (Phi) is 13.8. The summed E-state index contributed by atoms with van der Waals surface area (Å²) in [6.07, 6.45) is 11.0. The molecule has 2 aromatic carbocycles. The second kappa shape index (κ2) is 17.7. The van der Waals surface area contributed by atoms with E-state index in [1.165, 1.54) is 5.56 Å². The van der Waals surface area contributed by atoms with Crippen molar-refractivity contribution in [1.29, 1.82) is 0 Å². The second-order valence-corrected chi connectivity index (χ2v) is 10.9. The summed E-state index contributed by atoms with van der Waals surface area (Å²) in [6, 6.07) is 21.5. The third-order valence-corrected chi connectivity index (χ3v) is 7.72. The summed E-state index contributed by atoms with van der Waals surface area (Å²) >= 11 is 0. The van der Waals surface area contributed by atoms with Crippen LogP contribution >= 0.6 is 0 Å². The van der Waals surface area contributed by atoms with E-state index in [1.807, 2.05) is 48.6 Å². The number of carboxylic acid groups (broad SMARTS) is 1. The summed E-state index contributed by atoms with van der Waals surface area (Å²) in [4.78, 5) is 29.0. The smallest absolute Gasteiger partial charge is 0.310 e. The fraction of sp³-hybridized carbons (Fsp3) is 0.417. The van der Waals surface area contributed by atoms with E-state index in [1.54, 1.807) is 19.9 Å². The van der Waals surface area contributed by atoms with Crippen LogP contribution in [-0.4, -0.2) is 35.2 Å². The van der Waals surface area contributed by atoms with E-state index in [0.29, 0.717) is 31.0 Å². The topological polar surface area (TPSA) is 97.8 Å². The molecule has 0 radical (unpaired) electrons. The van der Waals surface area contributed by atoms with Crippen LogP contribution in [0.4, 0.5) is 5.69 Å². The lowest BCUT2D eigenvalue weighted by Gasteiger charge is -2.25. The molecule has 0 aliphatic heterocycles. The number of rotatable bonds is 19. The van der Waals surface area contributed by atoms with Crippen LogP contribution in [0.1, 0.15) is 89.0 Å². The predicted molar refractivity (Wildman–Crippen MR) is 173 cm³/mol. The number of aliphatic carboxylic acids is 1. The molecule has 0 atom stereocenters. The number of aromatic nitrogens is 1. The largest absolute Gasteiger partial charge is 0.494 e. The van der Waals surface area contributed by atoms with Gasteiger partial charge in [0.2, 0.25) is 11.8 Å². The number of hydrogen-bond acceptors (Lipinski definition) is 5. The van der Waals surface area contributed by atoms with Gasteiger partial charge in [-0.2, -0.15) is 0 Å². The van der Waals surface area contributed by atoms with Crippen LogP contribution in [0.15, 0.2) is 66.7 Å². The zero-order valence-corrected chi connectivity index (χ0v) is 25.8. The molecule has 0 aliphatic rings. The average molecular weight is 587 g/mol. The zero-order chi connectivity index (χ0) is 30.9. The number of carboxylic acids is 1. The SMILES string of the molecule is CCCCOc1ccc(CCCCCOc2cccc(/C=C/c3cccc(NC(=O)CC(CC)(CC)C(=O)O)c3)n2)cc1. The minimum absolute atomic E-state index is 0.0605. The first-order valence-corrected chi connectivity index (χ1v) is 15.5. The van der Waals surface area contributed by atoms with Crippen LogP contribution in [0.2, 0.25) is 0 Å². The number of nitrogens with one attached hydrogen (secondary N) is 1. The molecule has 0 fully saturated rings. The zero-order valence-electron chi connectivity index (χ0n) is 25.8. The normalized spacial score (nSPS) is 11.4. The third-order valence-electron chi connectivity index (χ3n) is 7.72. The maximum Gasteiger partial charge on any atom is 0.310 e. The average Bonchev–Trinajstić information content (AvgIpc) is 3.01. The number of hydrogen-bond donors (Lipinski definition) is 2. The van der Waals surface area contributed by atoms with Crippen LogP contribution in [0.25, 0.3) is 12.2 Å². The molecule has 43 heavy (non-hydrogen) atoms. The molecule has 7 nitrogen and oxygen atoms in total. The number of aryl methyl sites for hydroxylation is 1. The molecule has 3 rings (SSSR count). The number of benzene rings is 2. The lowest BCUT2D eigenvalue weighted by molar-refractivity contribution is -0.151. The summed E-state index contributed by atoms with van der Waals surface area (Å²) in [5.41, 5.74) is 2.56. The van der Waals surface area contributed by atoms with E-state index < -0.39 is 11.4 Å². The lowest BCUT2D eigenvalue weighted by Crippen LogP contribution is -2.34. The predicted octanol–water partition coefficient (Wildman–Crippen LogP) is 8.44. The van der Waals surface area contributed by atoms with Crippen molar-refractivity contribution in [3.05, 3.63) is 83.6 Å². The number of carbonyl (C=O) groups is 2. The Morgan fingerprint density at radius 1 is 0.860 bits per heavy atom. The Morgan fingerprint density at radius 3 is 2.33 bits per heavy atom. The molecule has 7 heteroatoms. The molecule has 2 N–H and O–H groups in total. The van der Waals surface area contributed by atoms with Crippen LogP contribution < -0.4 is 14.8 Å². The summed E-state index contributed by atoms with van der Waals surface area (Å²) in [6.45, 7) is 7.16. The summed E-state index contributed by atoms with van der Waals surface area (Å²) < 4.78 is 11.6. The van der Waals surface area contributed by atoms with Crippen molar-refractivity contribution in [3.63, 3.8) is 0 Å². The first-order chi connectivity index (χ1) is 20.9. The highest BCUT2D eigenvalue weighted by Gasteiger charge is 2.37. The van der Waals surface area contributed by atoms with Crippen LogP contribution in [0.5, 0.6) is 11.6 Å². The van der Waals surface area contributed by atoms with Gasteiger partial charge in [0.25, 0.3) is 0 Å². The molecule has 0 spiro atoms. The minimum Gasteiger partial charge on any atom is -0.494 e. The van der Waals surface area contributed by atoms with Crippen LogP contribution in [0, 0.1) is 5.41 Å². The highest BCUT2D eigenvalue weighted by molar-refractivity contribution is 5.94. The van der Waals surface area contributed by atoms with Crippen molar-refractivity contribution in [1.82, 2.24) is 4.98 Å². The van der Waals surface area contributed by atoms with Gasteiger partial charge < -0.3 is 19.9 Å². The minimum atomic E-state index is -1.04. The second-order valence-electron chi connectivity index (χ2n) is 10.9.